The third-order valence-electron chi connectivity index (χ3n) is 2.71. The van der Waals surface area contributed by atoms with Crippen molar-refractivity contribution < 1.29 is 9.72 Å². The predicted octanol–water partition coefficient (Wildman–Crippen LogP) is 2.11. The molecule has 0 spiro atoms. The van der Waals surface area contributed by atoms with Crippen LogP contribution in [-0.4, -0.2) is 20.6 Å². The summed E-state index contributed by atoms with van der Waals surface area (Å²) in [6.07, 6.45) is 1.28. The second kappa shape index (κ2) is 5.60. The van der Waals surface area contributed by atoms with Gasteiger partial charge in [-0.25, -0.2) is 0 Å². The van der Waals surface area contributed by atoms with Gasteiger partial charge >= 0.3 is 5.69 Å². The van der Waals surface area contributed by atoms with Gasteiger partial charge in [-0.05, 0) is 12.1 Å². The quantitative estimate of drug-likeness (QED) is 0.689. The number of aryl methyl sites for hydroxylation is 1. The number of nitro benzene ring substituents is 1. The van der Waals surface area contributed by atoms with Crippen molar-refractivity contribution in [2.45, 2.75) is 0 Å². The van der Waals surface area contributed by atoms with Crippen LogP contribution in [-0.2, 0) is 7.05 Å². The van der Waals surface area contributed by atoms with Crippen LogP contribution in [0.25, 0.3) is 0 Å². The maximum absolute atomic E-state index is 12.2. The lowest BCUT2D eigenvalue weighted by molar-refractivity contribution is -0.385. The van der Waals surface area contributed by atoms with Gasteiger partial charge in [-0.15, -0.1) is 0 Å². The first-order valence-electron chi connectivity index (χ1n) is 5.62. The minimum atomic E-state index is -0.746. The average Bonchev–Trinajstić information content (AvgIpc) is 2.78. The first kappa shape index (κ1) is 14.5. The van der Waals surface area contributed by atoms with Gasteiger partial charge < -0.3 is 5.32 Å². The summed E-state index contributed by atoms with van der Waals surface area (Å²) in [4.78, 5) is 22.5. The van der Waals surface area contributed by atoms with E-state index < -0.39 is 16.5 Å². The van der Waals surface area contributed by atoms with Crippen molar-refractivity contribution in [1.29, 1.82) is 5.26 Å². The summed E-state index contributed by atoms with van der Waals surface area (Å²) in [6.45, 7) is 0. The Labute approximate surface area is 123 Å². The van der Waals surface area contributed by atoms with E-state index in [1.165, 1.54) is 36.1 Å². The summed E-state index contributed by atoms with van der Waals surface area (Å²) in [7, 11) is 1.53. The Morgan fingerprint density at radius 2 is 2.29 bits per heavy atom. The minimum Gasteiger partial charge on any atom is -0.305 e. The van der Waals surface area contributed by atoms with Crippen LogP contribution in [0.5, 0.6) is 0 Å². The third-order valence-corrected chi connectivity index (χ3v) is 3.01. The zero-order valence-electron chi connectivity index (χ0n) is 10.7. The molecule has 2 rings (SSSR count). The molecule has 0 bridgehead atoms. The Bertz CT molecular complexity index is 778. The monoisotopic (exact) mass is 305 g/mol. The summed E-state index contributed by atoms with van der Waals surface area (Å²) in [5, 5.41) is 26.0. The molecule has 9 heteroatoms. The molecule has 0 saturated heterocycles. The van der Waals surface area contributed by atoms with Crippen molar-refractivity contribution in [1.82, 2.24) is 9.78 Å². The van der Waals surface area contributed by atoms with Crippen LogP contribution in [0.1, 0.15) is 15.9 Å². The Hall–Kier alpha value is -2.92. The van der Waals surface area contributed by atoms with E-state index in [-0.39, 0.29) is 22.0 Å². The van der Waals surface area contributed by atoms with Gasteiger partial charge in [0.05, 0.1) is 11.1 Å². The van der Waals surface area contributed by atoms with Crippen LogP contribution in [0, 0.1) is 21.4 Å². The van der Waals surface area contributed by atoms with Crippen molar-refractivity contribution in [2.24, 2.45) is 7.05 Å². The largest absolute Gasteiger partial charge is 0.305 e. The molecule has 0 unspecified atom stereocenters. The fourth-order valence-electron chi connectivity index (χ4n) is 1.73. The van der Waals surface area contributed by atoms with Crippen molar-refractivity contribution in [3.8, 4) is 6.07 Å². The van der Waals surface area contributed by atoms with E-state index in [0.29, 0.717) is 0 Å². The number of nitriles is 1. The summed E-state index contributed by atoms with van der Waals surface area (Å²) >= 11 is 5.75. The number of nitro groups is 1. The minimum absolute atomic E-state index is 0.141. The fraction of sp³-hybridized carbons (Fsp3) is 0.0833. The molecule has 8 nitrogen and oxygen atoms in total. The second-order valence-electron chi connectivity index (χ2n) is 3.99. The number of carbonyl (C=O) groups is 1. The highest BCUT2D eigenvalue weighted by atomic mass is 35.5. The molecule has 0 saturated carbocycles. The van der Waals surface area contributed by atoms with Gasteiger partial charge in [0.1, 0.15) is 28.0 Å². The molecule has 0 fully saturated rings. The Morgan fingerprint density at radius 3 is 2.90 bits per heavy atom. The molecule has 0 aliphatic rings. The van der Waals surface area contributed by atoms with Crippen LogP contribution < -0.4 is 5.32 Å². The number of hydrogen-bond donors (Lipinski definition) is 1. The Kier molecular flexibility index (Phi) is 3.86. The number of aromatic nitrogens is 2. The molecule has 1 aromatic heterocycles. The first-order valence-corrected chi connectivity index (χ1v) is 6.00. The molecule has 1 N–H and O–H groups in total. The fourth-order valence-corrected chi connectivity index (χ4v) is 1.97. The topological polar surface area (TPSA) is 114 Å². The number of para-hydroxylation sites is 1. The number of amides is 1. The van der Waals surface area contributed by atoms with Gasteiger partial charge in [0.15, 0.2) is 0 Å². The normalized spacial score (nSPS) is 9.95. The average molecular weight is 306 g/mol. The van der Waals surface area contributed by atoms with Crippen LogP contribution >= 0.6 is 11.6 Å². The maximum atomic E-state index is 12.2. The number of nitrogens with zero attached hydrogens (tertiary/aromatic N) is 4. The molecule has 0 aliphatic carbocycles. The second-order valence-corrected chi connectivity index (χ2v) is 4.40. The lowest BCUT2D eigenvalue weighted by Crippen LogP contribution is -2.17. The highest BCUT2D eigenvalue weighted by Crippen LogP contribution is 2.29. The summed E-state index contributed by atoms with van der Waals surface area (Å²) in [5.74, 6) is -0.596. The SMILES string of the molecule is Cn1ncc(C#N)c1NC(=O)c1cccc(Cl)c1[N+](=O)[O-]. The number of halogens is 1. The molecule has 106 valence electrons. The van der Waals surface area contributed by atoms with Crippen molar-refractivity contribution in [2.75, 3.05) is 5.32 Å². The van der Waals surface area contributed by atoms with Crippen LogP contribution in [0.2, 0.25) is 5.02 Å². The van der Waals surface area contributed by atoms with Crippen molar-refractivity contribution >= 4 is 29.0 Å². The highest BCUT2D eigenvalue weighted by Gasteiger charge is 2.24. The van der Waals surface area contributed by atoms with E-state index in [4.69, 9.17) is 16.9 Å². The summed E-state index contributed by atoms with van der Waals surface area (Å²) in [6, 6.07) is 5.89. The Balaban J connectivity index is 2.43. The van der Waals surface area contributed by atoms with E-state index in [1.807, 2.05) is 6.07 Å². The third kappa shape index (κ3) is 2.68. The molecule has 0 radical (unpaired) electrons. The number of anilines is 1. The molecular weight excluding hydrogens is 298 g/mol. The lowest BCUT2D eigenvalue weighted by Gasteiger charge is -2.07. The molecule has 1 amide bonds. The molecule has 1 heterocycles. The van der Waals surface area contributed by atoms with E-state index in [2.05, 4.69) is 10.4 Å². The number of carbonyl (C=O) groups excluding carboxylic acids is 1. The maximum Gasteiger partial charge on any atom is 0.300 e. The van der Waals surface area contributed by atoms with E-state index in [1.54, 1.807) is 0 Å². The number of hydrogen-bond acceptors (Lipinski definition) is 5. The lowest BCUT2D eigenvalue weighted by atomic mass is 10.1. The van der Waals surface area contributed by atoms with Gasteiger partial charge in [-0.3, -0.25) is 19.6 Å². The zero-order chi connectivity index (χ0) is 15.6. The number of rotatable bonds is 3. The zero-order valence-corrected chi connectivity index (χ0v) is 11.5. The van der Waals surface area contributed by atoms with Gasteiger partial charge in [-0.1, -0.05) is 17.7 Å². The molecule has 0 aliphatic heterocycles. The highest BCUT2D eigenvalue weighted by molar-refractivity contribution is 6.33. The van der Waals surface area contributed by atoms with E-state index in [9.17, 15) is 14.9 Å². The molecule has 2 aromatic rings. The van der Waals surface area contributed by atoms with Gasteiger partial charge in [-0.2, -0.15) is 10.4 Å². The van der Waals surface area contributed by atoms with Crippen LogP contribution in [0.4, 0.5) is 11.5 Å². The van der Waals surface area contributed by atoms with Crippen LogP contribution in [0.15, 0.2) is 24.4 Å². The predicted molar refractivity (Wildman–Crippen MR) is 74.0 cm³/mol. The Morgan fingerprint density at radius 1 is 1.57 bits per heavy atom. The van der Waals surface area contributed by atoms with Crippen molar-refractivity contribution in [3.63, 3.8) is 0 Å². The summed E-state index contributed by atoms with van der Waals surface area (Å²) < 4.78 is 1.28. The van der Waals surface area contributed by atoms with Gasteiger partial charge in [0, 0.05) is 7.05 Å². The van der Waals surface area contributed by atoms with E-state index >= 15 is 0 Å². The standard InChI is InChI=1S/C12H8ClN5O3/c1-17-11(7(5-14)6-15-17)16-12(19)8-3-2-4-9(13)10(8)18(20)21/h2-4,6H,1H3,(H,16,19). The van der Waals surface area contributed by atoms with Crippen LogP contribution in [0.3, 0.4) is 0 Å². The molecule has 21 heavy (non-hydrogen) atoms. The van der Waals surface area contributed by atoms with E-state index in [0.717, 1.165) is 0 Å². The summed E-state index contributed by atoms with van der Waals surface area (Å²) in [5.41, 5.74) is -0.537. The van der Waals surface area contributed by atoms with Crippen molar-refractivity contribution in [3.05, 3.63) is 50.7 Å². The number of nitrogens with one attached hydrogen (secondary N) is 1. The molecule has 0 atom stereocenters. The molecule has 1 aromatic carbocycles. The first-order chi connectivity index (χ1) is 9.95. The molecular formula is C12H8ClN5O3. The smallest absolute Gasteiger partial charge is 0.300 e. The number of benzene rings is 1. The van der Waals surface area contributed by atoms with Gasteiger partial charge in [0.25, 0.3) is 5.91 Å². The van der Waals surface area contributed by atoms with Gasteiger partial charge in [0.2, 0.25) is 0 Å².